The quantitative estimate of drug-likeness (QED) is 0.573. The van der Waals surface area contributed by atoms with E-state index in [1.807, 2.05) is 0 Å². The summed E-state index contributed by atoms with van der Waals surface area (Å²) in [6.45, 7) is 0. The van der Waals surface area contributed by atoms with Gasteiger partial charge in [-0.25, -0.2) is 0 Å². The number of halogens is 6. The molecular formula is C16H8F6N2O. The predicted molar refractivity (Wildman–Crippen MR) is 75.2 cm³/mol. The van der Waals surface area contributed by atoms with Gasteiger partial charge in [-0.05, 0) is 36.4 Å². The average molecular weight is 358 g/mol. The number of nitrogens with zero attached hydrogens (tertiary/aromatic N) is 2. The van der Waals surface area contributed by atoms with Gasteiger partial charge in [0.15, 0.2) is 0 Å². The molecule has 0 fully saturated rings. The zero-order valence-corrected chi connectivity index (χ0v) is 12.2. The minimum atomic E-state index is -4.46. The van der Waals surface area contributed by atoms with Crippen molar-refractivity contribution >= 4 is 0 Å². The average Bonchev–Trinajstić information content (AvgIpc) is 3.03. The second-order valence-corrected chi connectivity index (χ2v) is 5.07. The van der Waals surface area contributed by atoms with Crippen LogP contribution in [0.1, 0.15) is 11.1 Å². The Morgan fingerprint density at radius 1 is 0.640 bits per heavy atom. The molecule has 0 atom stereocenters. The maximum Gasteiger partial charge on any atom is 0.416 e. The summed E-state index contributed by atoms with van der Waals surface area (Å²) in [6.07, 6.45) is -8.92. The Bertz CT molecular complexity index is 791. The Hall–Kier alpha value is -2.84. The molecule has 0 aliphatic heterocycles. The van der Waals surface area contributed by atoms with Crippen LogP contribution in [0.5, 0.6) is 0 Å². The van der Waals surface area contributed by atoms with Crippen molar-refractivity contribution < 1.29 is 30.9 Å². The molecule has 0 saturated carbocycles. The van der Waals surface area contributed by atoms with Crippen LogP contribution < -0.4 is 0 Å². The topological polar surface area (TPSA) is 38.9 Å². The zero-order valence-electron chi connectivity index (χ0n) is 12.2. The van der Waals surface area contributed by atoms with Gasteiger partial charge in [0, 0.05) is 11.1 Å². The lowest BCUT2D eigenvalue weighted by Gasteiger charge is -2.06. The van der Waals surface area contributed by atoms with Gasteiger partial charge in [0.2, 0.25) is 5.82 Å². The summed E-state index contributed by atoms with van der Waals surface area (Å²) in [5.41, 5.74) is -1.09. The minimum Gasteiger partial charge on any atom is -0.334 e. The predicted octanol–water partition coefficient (Wildman–Crippen LogP) is 5.44. The summed E-state index contributed by atoms with van der Waals surface area (Å²) in [6, 6.07) is 8.22. The van der Waals surface area contributed by atoms with Crippen LogP contribution in [0.3, 0.4) is 0 Å². The maximum atomic E-state index is 12.5. The molecule has 0 N–H and O–H groups in total. The van der Waals surface area contributed by atoms with Crippen molar-refractivity contribution in [2.24, 2.45) is 0 Å². The van der Waals surface area contributed by atoms with Crippen LogP contribution >= 0.6 is 0 Å². The third kappa shape index (κ3) is 3.65. The van der Waals surface area contributed by atoms with Crippen LogP contribution in [0.15, 0.2) is 53.1 Å². The third-order valence-electron chi connectivity index (χ3n) is 3.36. The van der Waals surface area contributed by atoms with Crippen LogP contribution in [0.25, 0.3) is 22.8 Å². The fourth-order valence-corrected chi connectivity index (χ4v) is 2.07. The largest absolute Gasteiger partial charge is 0.416 e. The van der Waals surface area contributed by atoms with Crippen LogP contribution in [-0.2, 0) is 12.4 Å². The standard InChI is InChI=1S/C16H8F6N2O/c17-15(18,19)11-5-1-9(2-6-11)13-23-14(25-24-13)10-3-7-12(8-4-10)16(20,21)22/h1-8H. The molecule has 130 valence electrons. The molecular weight excluding hydrogens is 350 g/mol. The highest BCUT2D eigenvalue weighted by Gasteiger charge is 2.31. The third-order valence-corrected chi connectivity index (χ3v) is 3.36. The van der Waals surface area contributed by atoms with Crippen molar-refractivity contribution in [3.63, 3.8) is 0 Å². The van der Waals surface area contributed by atoms with E-state index in [2.05, 4.69) is 10.1 Å². The lowest BCUT2D eigenvalue weighted by Crippen LogP contribution is -2.04. The molecule has 0 unspecified atom stereocenters. The van der Waals surface area contributed by atoms with Crippen molar-refractivity contribution in [1.29, 1.82) is 0 Å². The molecule has 0 bridgehead atoms. The molecule has 25 heavy (non-hydrogen) atoms. The van der Waals surface area contributed by atoms with Gasteiger partial charge in [0.1, 0.15) is 0 Å². The van der Waals surface area contributed by atoms with Gasteiger partial charge in [-0.1, -0.05) is 17.3 Å². The van der Waals surface area contributed by atoms with E-state index in [4.69, 9.17) is 4.52 Å². The lowest BCUT2D eigenvalue weighted by molar-refractivity contribution is -0.138. The molecule has 1 aromatic heterocycles. The molecule has 0 aliphatic carbocycles. The van der Waals surface area contributed by atoms with E-state index < -0.39 is 23.5 Å². The van der Waals surface area contributed by atoms with Crippen molar-refractivity contribution in [1.82, 2.24) is 10.1 Å². The molecule has 0 saturated heterocycles. The monoisotopic (exact) mass is 358 g/mol. The Kier molecular flexibility index (Phi) is 4.02. The summed E-state index contributed by atoms with van der Waals surface area (Å²) in [7, 11) is 0. The molecule has 3 rings (SSSR count). The van der Waals surface area contributed by atoms with Crippen LogP contribution in [-0.4, -0.2) is 10.1 Å². The first-order valence-corrected chi connectivity index (χ1v) is 6.83. The van der Waals surface area contributed by atoms with Gasteiger partial charge in [0.25, 0.3) is 5.89 Å². The Balaban J connectivity index is 1.85. The summed E-state index contributed by atoms with van der Waals surface area (Å²) >= 11 is 0. The maximum absolute atomic E-state index is 12.5. The number of hydrogen-bond acceptors (Lipinski definition) is 3. The van der Waals surface area contributed by atoms with Gasteiger partial charge in [-0.15, -0.1) is 0 Å². The van der Waals surface area contributed by atoms with E-state index in [9.17, 15) is 26.3 Å². The van der Waals surface area contributed by atoms with E-state index in [0.717, 1.165) is 24.3 Å². The first-order chi connectivity index (χ1) is 11.6. The number of hydrogen-bond donors (Lipinski definition) is 0. The fourth-order valence-electron chi connectivity index (χ4n) is 2.07. The summed E-state index contributed by atoms with van der Waals surface area (Å²) < 4.78 is 80.2. The molecule has 1 heterocycles. The number of aromatic nitrogens is 2. The molecule has 0 radical (unpaired) electrons. The fraction of sp³-hybridized carbons (Fsp3) is 0.125. The van der Waals surface area contributed by atoms with Crippen LogP contribution in [0.2, 0.25) is 0 Å². The van der Waals surface area contributed by atoms with Gasteiger partial charge < -0.3 is 4.52 Å². The zero-order chi connectivity index (χ0) is 18.2. The van der Waals surface area contributed by atoms with Crippen LogP contribution in [0.4, 0.5) is 26.3 Å². The minimum absolute atomic E-state index is 0.0311. The van der Waals surface area contributed by atoms with Gasteiger partial charge >= 0.3 is 12.4 Å². The second-order valence-electron chi connectivity index (χ2n) is 5.07. The number of alkyl halides is 6. The Morgan fingerprint density at radius 3 is 1.52 bits per heavy atom. The van der Waals surface area contributed by atoms with Gasteiger partial charge in [-0.3, -0.25) is 0 Å². The Labute approximate surface area is 136 Å². The molecule has 0 amide bonds. The molecule has 3 aromatic rings. The summed E-state index contributed by atoms with van der Waals surface area (Å²) in [5.74, 6) is -0.00718. The highest BCUT2D eigenvalue weighted by molar-refractivity contribution is 5.60. The molecule has 0 aliphatic rings. The first-order valence-electron chi connectivity index (χ1n) is 6.83. The van der Waals surface area contributed by atoms with E-state index in [1.54, 1.807) is 0 Å². The van der Waals surface area contributed by atoms with E-state index in [-0.39, 0.29) is 22.8 Å². The first kappa shape index (κ1) is 17.0. The molecule has 0 spiro atoms. The smallest absolute Gasteiger partial charge is 0.334 e. The van der Waals surface area contributed by atoms with E-state index >= 15 is 0 Å². The van der Waals surface area contributed by atoms with Crippen molar-refractivity contribution in [2.45, 2.75) is 12.4 Å². The molecule has 9 heteroatoms. The summed E-state index contributed by atoms with van der Waals surface area (Å²) in [5, 5.41) is 3.64. The molecule has 3 nitrogen and oxygen atoms in total. The highest BCUT2D eigenvalue weighted by atomic mass is 19.4. The highest BCUT2D eigenvalue weighted by Crippen LogP contribution is 2.32. The number of benzene rings is 2. The van der Waals surface area contributed by atoms with Crippen LogP contribution in [0, 0.1) is 0 Å². The van der Waals surface area contributed by atoms with Crippen molar-refractivity contribution in [3.8, 4) is 22.8 Å². The van der Waals surface area contributed by atoms with E-state index in [0.29, 0.717) is 0 Å². The second kappa shape index (κ2) is 5.91. The van der Waals surface area contributed by atoms with Crippen molar-refractivity contribution in [3.05, 3.63) is 59.7 Å². The number of rotatable bonds is 2. The summed E-state index contributed by atoms with van der Waals surface area (Å²) in [4.78, 5) is 3.99. The van der Waals surface area contributed by atoms with Gasteiger partial charge in [-0.2, -0.15) is 31.3 Å². The van der Waals surface area contributed by atoms with E-state index in [1.165, 1.54) is 24.3 Å². The molecule has 2 aromatic carbocycles. The Morgan fingerprint density at radius 2 is 1.08 bits per heavy atom. The van der Waals surface area contributed by atoms with Gasteiger partial charge in [0.05, 0.1) is 11.1 Å². The lowest BCUT2D eigenvalue weighted by atomic mass is 10.1. The van der Waals surface area contributed by atoms with Crippen molar-refractivity contribution in [2.75, 3.05) is 0 Å². The normalized spacial score (nSPS) is 12.4. The SMILES string of the molecule is FC(F)(F)c1ccc(-c2noc(-c3ccc(C(F)(F)F)cc3)n2)cc1.